The number of ether oxygens (including phenoxy) is 1. The minimum absolute atomic E-state index is 0.0298. The van der Waals surface area contributed by atoms with E-state index in [4.69, 9.17) is 4.74 Å². The fourth-order valence-electron chi connectivity index (χ4n) is 3.70. The normalized spacial score (nSPS) is 19.8. The van der Waals surface area contributed by atoms with Gasteiger partial charge in [-0.25, -0.2) is 0 Å². The van der Waals surface area contributed by atoms with Crippen molar-refractivity contribution in [1.82, 2.24) is 20.1 Å². The van der Waals surface area contributed by atoms with Gasteiger partial charge < -0.3 is 15.0 Å². The van der Waals surface area contributed by atoms with Crippen molar-refractivity contribution in [3.05, 3.63) is 59.9 Å². The first-order valence-electron chi connectivity index (χ1n) is 9.77. The van der Waals surface area contributed by atoms with Crippen molar-refractivity contribution in [1.29, 1.82) is 0 Å². The number of amides is 2. The van der Waals surface area contributed by atoms with E-state index < -0.39 is 0 Å². The zero-order valence-electron chi connectivity index (χ0n) is 17.2. The summed E-state index contributed by atoms with van der Waals surface area (Å²) in [5.41, 5.74) is 1.95. The van der Waals surface area contributed by atoms with E-state index in [-0.39, 0.29) is 30.3 Å². The number of hydrogen-bond acceptors (Lipinski definition) is 5. The van der Waals surface area contributed by atoms with E-state index >= 15 is 0 Å². The number of carbonyl (C=O) groups excluding carboxylic acids is 2. The lowest BCUT2D eigenvalue weighted by molar-refractivity contribution is -0.142. The molecule has 2 aromatic rings. The Morgan fingerprint density at radius 1 is 1.28 bits per heavy atom. The van der Waals surface area contributed by atoms with Crippen molar-refractivity contribution in [2.45, 2.75) is 32.0 Å². The zero-order valence-corrected chi connectivity index (χ0v) is 17.2. The van der Waals surface area contributed by atoms with Crippen LogP contribution in [0, 0.1) is 0 Å². The first kappa shape index (κ1) is 20.8. The van der Waals surface area contributed by atoms with Gasteiger partial charge >= 0.3 is 0 Å². The van der Waals surface area contributed by atoms with Crippen molar-refractivity contribution < 1.29 is 14.3 Å². The molecule has 1 fully saturated rings. The number of hydrogen-bond donors (Lipinski definition) is 1. The maximum absolute atomic E-state index is 12.5. The number of nitrogens with zero attached hydrogens (tertiary/aromatic N) is 3. The Hall–Kier alpha value is -2.93. The summed E-state index contributed by atoms with van der Waals surface area (Å²) in [4.78, 5) is 33.0. The van der Waals surface area contributed by atoms with Crippen LogP contribution >= 0.6 is 0 Å². The lowest BCUT2D eigenvalue weighted by atomic mass is 10.0. The van der Waals surface area contributed by atoms with Crippen molar-refractivity contribution in [2.24, 2.45) is 0 Å². The van der Waals surface area contributed by atoms with Crippen LogP contribution in [0.4, 0.5) is 0 Å². The predicted molar refractivity (Wildman–Crippen MR) is 110 cm³/mol. The molecule has 7 heteroatoms. The van der Waals surface area contributed by atoms with Gasteiger partial charge in [-0.15, -0.1) is 0 Å². The standard InChI is InChI=1S/C22H28N4O3/c1-16-22(28)25(2)15-19(26(16)14-18-7-5-9-23-12-18)13-24-21(27)11-17-6-4-8-20(10-17)29-3/h4-10,12,16,19H,11,13-15H2,1-3H3,(H,24,27)/t16-,19+/m0/s1. The van der Waals surface area contributed by atoms with Crippen LogP contribution in [-0.4, -0.2) is 65.9 Å². The van der Waals surface area contributed by atoms with E-state index in [0.29, 0.717) is 19.6 Å². The third-order valence-corrected chi connectivity index (χ3v) is 5.31. The van der Waals surface area contributed by atoms with Crippen LogP contribution in [0.25, 0.3) is 0 Å². The summed E-state index contributed by atoms with van der Waals surface area (Å²) in [6.45, 7) is 3.58. The van der Waals surface area contributed by atoms with Crippen LogP contribution in [-0.2, 0) is 22.6 Å². The first-order valence-corrected chi connectivity index (χ1v) is 9.77. The molecule has 1 aromatic heterocycles. The Labute approximate surface area is 171 Å². The Balaban J connectivity index is 1.64. The van der Waals surface area contributed by atoms with Gasteiger partial charge in [-0.1, -0.05) is 18.2 Å². The van der Waals surface area contributed by atoms with Gasteiger partial charge in [0, 0.05) is 45.1 Å². The highest BCUT2D eigenvalue weighted by Crippen LogP contribution is 2.19. The molecule has 1 saturated heterocycles. The number of benzene rings is 1. The Morgan fingerprint density at radius 2 is 2.07 bits per heavy atom. The highest BCUT2D eigenvalue weighted by Gasteiger charge is 2.36. The van der Waals surface area contributed by atoms with Crippen molar-refractivity contribution >= 4 is 11.8 Å². The van der Waals surface area contributed by atoms with Gasteiger partial charge in [-0.2, -0.15) is 0 Å². The second-order valence-electron chi connectivity index (χ2n) is 7.41. The largest absolute Gasteiger partial charge is 0.497 e. The number of rotatable bonds is 7. The monoisotopic (exact) mass is 396 g/mol. The fourth-order valence-corrected chi connectivity index (χ4v) is 3.70. The molecule has 1 aromatic carbocycles. The molecule has 3 rings (SSSR count). The van der Waals surface area contributed by atoms with Crippen molar-refractivity contribution in [2.75, 3.05) is 27.2 Å². The van der Waals surface area contributed by atoms with Gasteiger partial charge in [0.2, 0.25) is 11.8 Å². The van der Waals surface area contributed by atoms with Crippen LogP contribution in [0.1, 0.15) is 18.1 Å². The summed E-state index contributed by atoms with van der Waals surface area (Å²) in [6.07, 6.45) is 3.84. The zero-order chi connectivity index (χ0) is 20.8. The Bertz CT molecular complexity index is 843. The lowest BCUT2D eigenvalue weighted by Gasteiger charge is -2.43. The van der Waals surface area contributed by atoms with Crippen LogP contribution in [0.5, 0.6) is 5.75 Å². The van der Waals surface area contributed by atoms with E-state index in [9.17, 15) is 9.59 Å². The molecule has 0 aliphatic carbocycles. The van der Waals surface area contributed by atoms with Gasteiger partial charge in [-0.3, -0.25) is 19.5 Å². The molecule has 0 unspecified atom stereocenters. The van der Waals surface area contributed by atoms with Gasteiger partial charge in [0.25, 0.3) is 0 Å². The number of aromatic nitrogens is 1. The molecular formula is C22H28N4O3. The van der Waals surface area contributed by atoms with Crippen LogP contribution in [0.15, 0.2) is 48.8 Å². The van der Waals surface area contributed by atoms with Crippen LogP contribution in [0.2, 0.25) is 0 Å². The molecule has 2 heterocycles. The molecule has 0 bridgehead atoms. The van der Waals surface area contributed by atoms with E-state index in [1.807, 2.05) is 56.6 Å². The van der Waals surface area contributed by atoms with Gasteiger partial charge in [-0.05, 0) is 36.2 Å². The number of nitrogens with one attached hydrogen (secondary N) is 1. The minimum atomic E-state index is -0.255. The molecule has 1 N–H and O–H groups in total. The van der Waals surface area contributed by atoms with E-state index in [0.717, 1.165) is 16.9 Å². The van der Waals surface area contributed by atoms with Crippen molar-refractivity contribution in [3.8, 4) is 5.75 Å². The summed E-state index contributed by atoms with van der Waals surface area (Å²) >= 11 is 0. The molecule has 154 valence electrons. The van der Waals surface area contributed by atoms with E-state index in [1.165, 1.54) is 0 Å². The second kappa shape index (κ2) is 9.52. The molecule has 1 aliphatic rings. The van der Waals surface area contributed by atoms with Gasteiger partial charge in [0.05, 0.1) is 19.6 Å². The lowest BCUT2D eigenvalue weighted by Crippen LogP contribution is -2.62. The third kappa shape index (κ3) is 5.32. The van der Waals surface area contributed by atoms with E-state index in [2.05, 4.69) is 15.2 Å². The molecule has 29 heavy (non-hydrogen) atoms. The number of carbonyl (C=O) groups is 2. The molecule has 7 nitrogen and oxygen atoms in total. The topological polar surface area (TPSA) is 74.8 Å². The quantitative estimate of drug-likeness (QED) is 0.767. The van der Waals surface area contributed by atoms with Crippen molar-refractivity contribution in [3.63, 3.8) is 0 Å². The number of likely N-dealkylation sites (N-methyl/N-ethyl adjacent to an activating group) is 1. The molecule has 0 radical (unpaired) electrons. The smallest absolute Gasteiger partial charge is 0.239 e. The number of piperazine rings is 1. The average Bonchev–Trinajstić information content (AvgIpc) is 2.74. The average molecular weight is 396 g/mol. The first-order chi connectivity index (χ1) is 14.0. The summed E-state index contributed by atoms with van der Waals surface area (Å²) in [6, 6.07) is 11.2. The summed E-state index contributed by atoms with van der Waals surface area (Å²) in [5, 5.41) is 3.04. The molecule has 0 saturated carbocycles. The summed E-state index contributed by atoms with van der Waals surface area (Å²) in [7, 11) is 3.42. The SMILES string of the molecule is COc1cccc(CC(=O)NC[C@@H]2CN(C)C(=O)[C@H](C)N2Cc2cccnc2)c1. The maximum Gasteiger partial charge on any atom is 0.239 e. The molecule has 2 amide bonds. The summed E-state index contributed by atoms with van der Waals surface area (Å²) in [5.74, 6) is 0.777. The molecule has 1 aliphatic heterocycles. The van der Waals surface area contributed by atoms with E-state index in [1.54, 1.807) is 18.2 Å². The minimum Gasteiger partial charge on any atom is -0.497 e. The fraction of sp³-hybridized carbons (Fsp3) is 0.409. The highest BCUT2D eigenvalue weighted by molar-refractivity contribution is 5.82. The molecule has 0 spiro atoms. The Morgan fingerprint density at radius 3 is 2.79 bits per heavy atom. The van der Waals surface area contributed by atoms with Gasteiger partial charge in [0.1, 0.15) is 5.75 Å². The number of methoxy groups -OCH3 is 1. The van der Waals surface area contributed by atoms with Gasteiger partial charge in [0.15, 0.2) is 0 Å². The molecular weight excluding hydrogens is 368 g/mol. The Kier molecular flexibility index (Phi) is 6.82. The highest BCUT2D eigenvalue weighted by atomic mass is 16.5. The van der Waals surface area contributed by atoms with Crippen LogP contribution < -0.4 is 10.1 Å². The predicted octanol–water partition coefficient (Wildman–Crippen LogP) is 1.48. The summed E-state index contributed by atoms with van der Waals surface area (Å²) < 4.78 is 5.21. The van der Waals surface area contributed by atoms with Crippen LogP contribution in [0.3, 0.4) is 0 Å². The second-order valence-corrected chi connectivity index (χ2v) is 7.41. The number of pyridine rings is 1. The maximum atomic E-state index is 12.5. The molecule has 2 atom stereocenters. The third-order valence-electron chi connectivity index (χ3n) is 5.31.